The van der Waals surface area contributed by atoms with Crippen LogP contribution in [0.4, 0.5) is 10.5 Å². The molecular formula is C24H29N5O2. The first-order valence-corrected chi connectivity index (χ1v) is 10.6. The van der Waals surface area contributed by atoms with Crippen LogP contribution < -0.4 is 15.4 Å². The van der Waals surface area contributed by atoms with Gasteiger partial charge in [-0.15, -0.1) is 0 Å². The Hall–Kier alpha value is -3.16. The Morgan fingerprint density at radius 1 is 1.06 bits per heavy atom. The first-order valence-electron chi connectivity index (χ1n) is 10.6. The number of carbonyl (C=O) groups is 1. The molecule has 162 valence electrons. The number of pyridine rings is 1. The summed E-state index contributed by atoms with van der Waals surface area (Å²) in [5.74, 6) is 0.570. The summed E-state index contributed by atoms with van der Waals surface area (Å²) in [5.41, 5.74) is 2.65. The third kappa shape index (κ3) is 5.51. The highest BCUT2D eigenvalue weighted by atomic mass is 16.5. The predicted molar refractivity (Wildman–Crippen MR) is 124 cm³/mol. The number of nitrogens with zero attached hydrogens (tertiary/aromatic N) is 3. The number of methoxy groups -OCH3 is 1. The Kier molecular flexibility index (Phi) is 6.64. The van der Waals surface area contributed by atoms with E-state index in [-0.39, 0.29) is 12.1 Å². The third-order valence-corrected chi connectivity index (χ3v) is 5.67. The normalized spacial score (nSPS) is 16.1. The molecule has 7 heteroatoms. The summed E-state index contributed by atoms with van der Waals surface area (Å²) >= 11 is 0. The van der Waals surface area contributed by atoms with Gasteiger partial charge in [-0.2, -0.15) is 0 Å². The van der Waals surface area contributed by atoms with Crippen LogP contribution in [0.25, 0.3) is 10.9 Å². The predicted octanol–water partition coefficient (Wildman–Crippen LogP) is 3.35. The minimum atomic E-state index is -0.219. The molecule has 1 aliphatic heterocycles. The van der Waals surface area contributed by atoms with Gasteiger partial charge in [0.05, 0.1) is 18.7 Å². The van der Waals surface area contributed by atoms with Crippen LogP contribution in [0.3, 0.4) is 0 Å². The van der Waals surface area contributed by atoms with Crippen molar-refractivity contribution in [1.29, 1.82) is 0 Å². The number of anilines is 1. The van der Waals surface area contributed by atoms with Crippen LogP contribution in [0.5, 0.6) is 5.88 Å². The molecule has 1 aliphatic rings. The second kappa shape index (κ2) is 9.76. The lowest BCUT2D eigenvalue weighted by Crippen LogP contribution is -2.48. The fraction of sp³-hybridized carbons (Fsp3) is 0.333. The molecule has 2 heterocycles. The van der Waals surface area contributed by atoms with E-state index in [9.17, 15) is 4.79 Å². The van der Waals surface area contributed by atoms with E-state index in [1.165, 1.54) is 0 Å². The van der Waals surface area contributed by atoms with E-state index in [0.717, 1.165) is 54.9 Å². The van der Waals surface area contributed by atoms with E-state index < -0.39 is 0 Å². The number of nitrogens with one attached hydrogen (secondary N) is 2. The van der Waals surface area contributed by atoms with Gasteiger partial charge in [-0.1, -0.05) is 30.3 Å². The first kappa shape index (κ1) is 21.1. The number of aromatic nitrogens is 1. The summed E-state index contributed by atoms with van der Waals surface area (Å²) < 4.78 is 5.17. The highest BCUT2D eigenvalue weighted by Crippen LogP contribution is 2.21. The van der Waals surface area contributed by atoms with Crippen molar-refractivity contribution in [3.8, 4) is 5.88 Å². The second-order valence-electron chi connectivity index (χ2n) is 7.93. The minimum Gasteiger partial charge on any atom is -0.481 e. The minimum absolute atomic E-state index is 0.0870. The van der Waals surface area contributed by atoms with Gasteiger partial charge in [-0.25, -0.2) is 9.78 Å². The quantitative estimate of drug-likeness (QED) is 0.641. The van der Waals surface area contributed by atoms with Crippen LogP contribution in [0.1, 0.15) is 11.6 Å². The van der Waals surface area contributed by atoms with E-state index in [1.54, 1.807) is 7.11 Å². The highest BCUT2D eigenvalue weighted by Gasteiger charge is 2.21. The largest absolute Gasteiger partial charge is 0.481 e. The average Bonchev–Trinajstić information content (AvgIpc) is 2.80. The highest BCUT2D eigenvalue weighted by molar-refractivity contribution is 5.92. The fourth-order valence-electron chi connectivity index (χ4n) is 3.83. The van der Waals surface area contributed by atoms with Crippen molar-refractivity contribution in [2.45, 2.75) is 6.04 Å². The molecule has 1 fully saturated rings. The number of rotatable bonds is 6. The van der Waals surface area contributed by atoms with Gasteiger partial charge in [0.25, 0.3) is 0 Å². The fourth-order valence-corrected chi connectivity index (χ4v) is 3.83. The standard InChI is InChI=1S/C24H29N5O2/c1-28-12-14-29(15-13-28)17-22(18-6-4-3-5-7-18)27-24(30)25-20-9-10-21-19(16-20)8-11-23(26-21)31-2/h3-11,16,22H,12-15,17H2,1-2H3,(H2,25,27,30). The van der Waals surface area contributed by atoms with Crippen molar-refractivity contribution >= 4 is 22.6 Å². The number of fused-ring (bicyclic) bond motifs is 1. The van der Waals surface area contributed by atoms with Gasteiger partial charge in [-0.05, 0) is 36.9 Å². The maximum Gasteiger partial charge on any atom is 0.319 e. The number of hydrogen-bond acceptors (Lipinski definition) is 5. The number of hydrogen-bond donors (Lipinski definition) is 2. The van der Waals surface area contributed by atoms with E-state index in [4.69, 9.17) is 4.74 Å². The zero-order chi connectivity index (χ0) is 21.6. The molecule has 1 atom stereocenters. The van der Waals surface area contributed by atoms with Crippen molar-refractivity contribution in [3.63, 3.8) is 0 Å². The van der Waals surface area contributed by atoms with E-state index in [1.807, 2.05) is 48.5 Å². The topological polar surface area (TPSA) is 69.7 Å². The van der Waals surface area contributed by atoms with Crippen molar-refractivity contribution in [3.05, 3.63) is 66.2 Å². The van der Waals surface area contributed by atoms with Gasteiger partial charge in [-0.3, -0.25) is 4.90 Å². The van der Waals surface area contributed by atoms with E-state index in [0.29, 0.717) is 5.88 Å². The molecule has 0 aliphatic carbocycles. The summed E-state index contributed by atoms with van der Waals surface area (Å²) in [5, 5.41) is 7.08. The molecule has 2 N–H and O–H groups in total. The van der Waals surface area contributed by atoms with Crippen molar-refractivity contribution in [2.24, 2.45) is 0 Å². The molecular weight excluding hydrogens is 390 g/mol. The molecule has 31 heavy (non-hydrogen) atoms. The lowest BCUT2D eigenvalue weighted by molar-refractivity contribution is 0.143. The van der Waals surface area contributed by atoms with Gasteiger partial charge in [0, 0.05) is 49.9 Å². The summed E-state index contributed by atoms with van der Waals surface area (Å²) in [6.07, 6.45) is 0. The summed E-state index contributed by atoms with van der Waals surface area (Å²) in [7, 11) is 3.74. The Balaban J connectivity index is 1.45. The zero-order valence-electron chi connectivity index (χ0n) is 18.0. The number of amides is 2. The molecule has 4 rings (SSSR count). The summed E-state index contributed by atoms with van der Waals surface area (Å²) in [6.45, 7) is 4.88. The van der Waals surface area contributed by atoms with Crippen LogP contribution in [0, 0.1) is 0 Å². The van der Waals surface area contributed by atoms with Crippen LogP contribution in [-0.2, 0) is 0 Å². The average molecular weight is 420 g/mol. The Morgan fingerprint density at radius 3 is 2.58 bits per heavy atom. The van der Waals surface area contributed by atoms with Crippen LogP contribution >= 0.6 is 0 Å². The SMILES string of the molecule is COc1ccc2cc(NC(=O)NC(CN3CCN(C)CC3)c3ccccc3)ccc2n1. The molecule has 0 bridgehead atoms. The summed E-state index contributed by atoms with van der Waals surface area (Å²) in [4.78, 5) is 22.0. The number of benzene rings is 2. The number of piperazine rings is 1. The molecule has 2 aromatic carbocycles. The van der Waals surface area contributed by atoms with Crippen LogP contribution in [0.2, 0.25) is 0 Å². The van der Waals surface area contributed by atoms with Crippen molar-refractivity contribution in [2.75, 3.05) is 52.2 Å². The summed E-state index contributed by atoms with van der Waals surface area (Å²) in [6, 6.07) is 19.2. The Morgan fingerprint density at radius 2 is 1.84 bits per heavy atom. The molecule has 1 aromatic heterocycles. The zero-order valence-corrected chi connectivity index (χ0v) is 18.0. The van der Waals surface area contributed by atoms with Crippen LogP contribution in [0.15, 0.2) is 60.7 Å². The number of ether oxygens (including phenoxy) is 1. The Bertz CT molecular complexity index is 1020. The van der Waals surface area contributed by atoms with Crippen molar-refractivity contribution in [1.82, 2.24) is 20.1 Å². The molecule has 3 aromatic rings. The number of carbonyl (C=O) groups excluding carboxylic acids is 1. The lowest BCUT2D eigenvalue weighted by atomic mass is 10.1. The molecule has 0 spiro atoms. The molecule has 1 saturated heterocycles. The molecule has 0 radical (unpaired) electrons. The maximum absolute atomic E-state index is 12.8. The van der Waals surface area contributed by atoms with Crippen molar-refractivity contribution < 1.29 is 9.53 Å². The molecule has 7 nitrogen and oxygen atoms in total. The molecule has 1 unspecified atom stereocenters. The first-order chi connectivity index (χ1) is 15.1. The molecule has 0 saturated carbocycles. The third-order valence-electron chi connectivity index (χ3n) is 5.67. The number of likely N-dealkylation sites (N-methyl/N-ethyl adjacent to an activating group) is 1. The van der Waals surface area contributed by atoms with Gasteiger partial charge in [0.15, 0.2) is 0 Å². The van der Waals surface area contributed by atoms with Gasteiger partial charge < -0.3 is 20.3 Å². The van der Waals surface area contributed by atoms with E-state index in [2.05, 4.69) is 44.6 Å². The van der Waals surface area contributed by atoms with Gasteiger partial charge in [0.2, 0.25) is 5.88 Å². The van der Waals surface area contributed by atoms with E-state index >= 15 is 0 Å². The Labute approximate surface area is 183 Å². The monoisotopic (exact) mass is 419 g/mol. The van der Waals surface area contributed by atoms with Gasteiger partial charge in [0.1, 0.15) is 0 Å². The van der Waals surface area contributed by atoms with Crippen LogP contribution in [-0.4, -0.2) is 67.7 Å². The smallest absolute Gasteiger partial charge is 0.319 e. The number of urea groups is 1. The second-order valence-corrected chi connectivity index (χ2v) is 7.93. The lowest BCUT2D eigenvalue weighted by Gasteiger charge is -2.35. The van der Waals surface area contributed by atoms with Gasteiger partial charge >= 0.3 is 6.03 Å². The molecule has 2 amide bonds. The maximum atomic E-state index is 12.8.